The zero-order valence-corrected chi connectivity index (χ0v) is 14.2. The summed E-state index contributed by atoms with van der Waals surface area (Å²) in [7, 11) is 0. The minimum Gasteiger partial charge on any atom is -0.381 e. The average Bonchev–Trinajstić information content (AvgIpc) is 3.35. The highest BCUT2D eigenvalue weighted by Gasteiger charge is 2.57. The SMILES string of the molecule is O=C(c1ncn[nH]1)N1CC2(CCOC[C@H]2C(=O)N2C3CCC2CC3)C1. The van der Waals surface area contributed by atoms with Gasteiger partial charge in [-0.1, -0.05) is 0 Å². The van der Waals surface area contributed by atoms with Crippen LogP contribution in [0, 0.1) is 11.3 Å². The average molecular weight is 345 g/mol. The van der Waals surface area contributed by atoms with Gasteiger partial charge in [0.1, 0.15) is 6.33 Å². The number of likely N-dealkylation sites (tertiary alicyclic amines) is 1. The summed E-state index contributed by atoms with van der Waals surface area (Å²) < 4.78 is 5.67. The van der Waals surface area contributed by atoms with Crippen molar-refractivity contribution in [1.82, 2.24) is 25.0 Å². The van der Waals surface area contributed by atoms with E-state index in [1.807, 2.05) is 0 Å². The summed E-state index contributed by atoms with van der Waals surface area (Å²) in [6, 6.07) is 0.868. The number of aromatic amines is 1. The van der Waals surface area contributed by atoms with Crippen molar-refractivity contribution < 1.29 is 14.3 Å². The van der Waals surface area contributed by atoms with Crippen molar-refractivity contribution in [2.75, 3.05) is 26.3 Å². The predicted octanol–water partition coefficient (Wildman–Crippen LogP) is 0.437. The molecule has 0 unspecified atom stereocenters. The van der Waals surface area contributed by atoms with Crippen LogP contribution in [0.25, 0.3) is 0 Å². The highest BCUT2D eigenvalue weighted by Crippen LogP contribution is 2.47. The van der Waals surface area contributed by atoms with Crippen molar-refractivity contribution in [2.24, 2.45) is 11.3 Å². The summed E-state index contributed by atoms with van der Waals surface area (Å²) in [6.45, 7) is 2.37. The van der Waals surface area contributed by atoms with Crippen molar-refractivity contribution >= 4 is 11.8 Å². The fraction of sp³-hybridized carbons (Fsp3) is 0.765. The number of hydrogen-bond acceptors (Lipinski definition) is 5. The van der Waals surface area contributed by atoms with Gasteiger partial charge in [-0.3, -0.25) is 14.7 Å². The Morgan fingerprint density at radius 1 is 1.20 bits per heavy atom. The van der Waals surface area contributed by atoms with Crippen LogP contribution in [0.3, 0.4) is 0 Å². The predicted molar refractivity (Wildman–Crippen MR) is 86.5 cm³/mol. The molecular weight excluding hydrogens is 322 g/mol. The lowest BCUT2D eigenvalue weighted by atomic mass is 9.65. The molecular formula is C17H23N5O3. The molecule has 1 spiro atoms. The molecule has 5 heterocycles. The van der Waals surface area contributed by atoms with Crippen molar-refractivity contribution in [3.63, 3.8) is 0 Å². The van der Waals surface area contributed by atoms with E-state index in [1.54, 1.807) is 4.90 Å². The van der Waals surface area contributed by atoms with Crippen LogP contribution in [0.5, 0.6) is 0 Å². The van der Waals surface area contributed by atoms with Crippen LogP contribution >= 0.6 is 0 Å². The van der Waals surface area contributed by atoms with Gasteiger partial charge in [-0.25, -0.2) is 4.98 Å². The van der Waals surface area contributed by atoms with Gasteiger partial charge in [0.05, 0.1) is 12.5 Å². The molecule has 2 amide bonds. The summed E-state index contributed by atoms with van der Waals surface area (Å²) in [5.74, 6) is 0.266. The molecule has 4 aliphatic rings. The Kier molecular flexibility index (Phi) is 3.38. The first-order valence-electron chi connectivity index (χ1n) is 9.22. The number of aromatic nitrogens is 3. The van der Waals surface area contributed by atoms with Crippen LogP contribution in [-0.2, 0) is 9.53 Å². The lowest BCUT2D eigenvalue weighted by molar-refractivity contribution is -0.163. The van der Waals surface area contributed by atoms with Gasteiger partial charge in [-0.2, -0.15) is 5.10 Å². The molecule has 8 heteroatoms. The van der Waals surface area contributed by atoms with Gasteiger partial charge in [0.2, 0.25) is 11.7 Å². The lowest BCUT2D eigenvalue weighted by Gasteiger charge is -2.55. The summed E-state index contributed by atoms with van der Waals surface area (Å²) in [6.07, 6.45) is 6.76. The van der Waals surface area contributed by atoms with E-state index in [4.69, 9.17) is 4.74 Å². The van der Waals surface area contributed by atoms with Crippen molar-refractivity contribution in [3.8, 4) is 0 Å². The molecule has 2 bridgehead atoms. The molecule has 1 atom stereocenters. The monoisotopic (exact) mass is 345 g/mol. The zero-order chi connectivity index (χ0) is 17.0. The maximum atomic E-state index is 13.3. The number of nitrogens with zero attached hydrogens (tertiary/aromatic N) is 4. The van der Waals surface area contributed by atoms with E-state index < -0.39 is 0 Å². The van der Waals surface area contributed by atoms with Gasteiger partial charge in [-0.05, 0) is 32.1 Å². The third kappa shape index (κ3) is 2.23. The topological polar surface area (TPSA) is 91.4 Å². The standard InChI is InChI=1S/C17H23N5O3/c23-15(22-11-1-2-12(22)4-3-11)13-7-25-6-5-17(13)8-21(9-17)16(24)14-18-10-19-20-14/h10-13H,1-9H2,(H,18,19,20)/t11?,12?,13-/m0/s1. The molecule has 134 valence electrons. The van der Waals surface area contributed by atoms with Crippen molar-refractivity contribution in [3.05, 3.63) is 12.2 Å². The van der Waals surface area contributed by atoms with Gasteiger partial charge in [0.25, 0.3) is 5.91 Å². The first-order valence-corrected chi connectivity index (χ1v) is 9.22. The molecule has 0 radical (unpaired) electrons. The number of nitrogens with one attached hydrogen (secondary N) is 1. The lowest BCUT2D eigenvalue weighted by Crippen LogP contribution is -2.66. The van der Waals surface area contributed by atoms with Crippen LogP contribution in [-0.4, -0.2) is 75.2 Å². The zero-order valence-electron chi connectivity index (χ0n) is 14.2. The Morgan fingerprint density at radius 3 is 2.56 bits per heavy atom. The van der Waals surface area contributed by atoms with E-state index in [2.05, 4.69) is 20.1 Å². The fourth-order valence-corrected chi connectivity index (χ4v) is 5.31. The summed E-state index contributed by atoms with van der Waals surface area (Å²) in [5, 5.41) is 6.37. The number of carbonyl (C=O) groups excluding carboxylic acids is 2. The van der Waals surface area contributed by atoms with Gasteiger partial charge in [0.15, 0.2) is 0 Å². The first-order chi connectivity index (χ1) is 12.2. The van der Waals surface area contributed by atoms with Crippen LogP contribution in [0.4, 0.5) is 0 Å². The van der Waals surface area contributed by atoms with Crippen molar-refractivity contribution in [1.29, 1.82) is 0 Å². The minimum atomic E-state index is -0.137. The number of rotatable bonds is 2. The van der Waals surface area contributed by atoms with E-state index in [-0.39, 0.29) is 29.0 Å². The molecule has 4 fully saturated rings. The molecule has 5 rings (SSSR count). The number of hydrogen-bond donors (Lipinski definition) is 1. The number of carbonyl (C=O) groups is 2. The molecule has 0 saturated carbocycles. The molecule has 0 aromatic carbocycles. The van der Waals surface area contributed by atoms with Gasteiger partial charge >= 0.3 is 0 Å². The molecule has 1 aromatic rings. The van der Waals surface area contributed by atoms with E-state index in [0.717, 1.165) is 32.1 Å². The molecule has 4 saturated heterocycles. The Morgan fingerprint density at radius 2 is 1.92 bits per heavy atom. The highest BCUT2D eigenvalue weighted by molar-refractivity contribution is 5.91. The van der Waals surface area contributed by atoms with E-state index in [1.165, 1.54) is 6.33 Å². The third-order valence-electron chi connectivity index (χ3n) is 6.69. The fourth-order valence-electron chi connectivity index (χ4n) is 5.31. The Balaban J connectivity index is 1.32. The van der Waals surface area contributed by atoms with Gasteiger partial charge < -0.3 is 14.5 Å². The van der Waals surface area contributed by atoms with E-state index in [9.17, 15) is 9.59 Å². The Hall–Kier alpha value is -1.96. The smallest absolute Gasteiger partial charge is 0.291 e. The highest BCUT2D eigenvalue weighted by atomic mass is 16.5. The second kappa shape index (κ2) is 5.52. The number of fused-ring (bicyclic) bond motifs is 2. The van der Waals surface area contributed by atoms with Gasteiger partial charge in [0, 0.05) is 37.2 Å². The van der Waals surface area contributed by atoms with E-state index >= 15 is 0 Å². The van der Waals surface area contributed by atoms with Crippen LogP contribution in [0.15, 0.2) is 6.33 Å². The molecule has 1 aromatic heterocycles. The third-order valence-corrected chi connectivity index (χ3v) is 6.69. The number of amides is 2. The number of H-pyrrole nitrogens is 1. The largest absolute Gasteiger partial charge is 0.381 e. The molecule has 25 heavy (non-hydrogen) atoms. The maximum absolute atomic E-state index is 13.3. The van der Waals surface area contributed by atoms with Crippen LogP contribution < -0.4 is 0 Å². The molecule has 4 aliphatic heterocycles. The van der Waals surface area contributed by atoms with Gasteiger partial charge in [-0.15, -0.1) is 0 Å². The molecule has 1 N–H and O–H groups in total. The van der Waals surface area contributed by atoms with Crippen LogP contribution in [0.2, 0.25) is 0 Å². The first kappa shape index (κ1) is 15.3. The summed E-state index contributed by atoms with van der Waals surface area (Å²) in [4.78, 5) is 33.6. The molecule has 8 nitrogen and oxygen atoms in total. The summed E-state index contributed by atoms with van der Waals surface area (Å²) >= 11 is 0. The Bertz CT molecular complexity index is 664. The maximum Gasteiger partial charge on any atom is 0.291 e. The number of ether oxygens (including phenoxy) is 1. The summed E-state index contributed by atoms with van der Waals surface area (Å²) in [5.41, 5.74) is -0.132. The van der Waals surface area contributed by atoms with E-state index in [0.29, 0.717) is 38.4 Å². The van der Waals surface area contributed by atoms with Crippen LogP contribution in [0.1, 0.15) is 42.7 Å². The molecule has 0 aliphatic carbocycles. The second-order valence-electron chi connectivity index (χ2n) is 7.94. The second-order valence-corrected chi connectivity index (χ2v) is 7.94. The minimum absolute atomic E-state index is 0.124. The Labute approximate surface area is 145 Å². The quantitative estimate of drug-likeness (QED) is 0.840. The normalized spacial score (nSPS) is 32.9. The van der Waals surface area contributed by atoms with Crippen molar-refractivity contribution in [2.45, 2.75) is 44.2 Å².